The summed E-state index contributed by atoms with van der Waals surface area (Å²) in [6, 6.07) is 0. The monoisotopic (exact) mass is 288 g/mol. The SMILES string of the molecule is Cc1cnc(C(=O)N2CCCC(c3nccs3)C2)cn1. The molecule has 1 atom stereocenters. The highest BCUT2D eigenvalue weighted by molar-refractivity contribution is 7.09. The molecule has 2 aromatic rings. The number of nitrogens with zero attached hydrogens (tertiary/aromatic N) is 4. The van der Waals surface area contributed by atoms with Gasteiger partial charge in [-0.2, -0.15) is 0 Å². The van der Waals surface area contributed by atoms with E-state index in [0.717, 1.165) is 36.6 Å². The van der Waals surface area contributed by atoms with Gasteiger partial charge in [0.05, 0.1) is 16.9 Å². The predicted octanol–water partition coefficient (Wildman–Crippen LogP) is 2.26. The normalized spacial score (nSPS) is 19.1. The van der Waals surface area contributed by atoms with E-state index in [1.54, 1.807) is 23.7 Å². The van der Waals surface area contributed by atoms with Gasteiger partial charge in [0.15, 0.2) is 0 Å². The molecule has 0 aliphatic carbocycles. The first-order valence-corrected chi connectivity index (χ1v) is 7.59. The summed E-state index contributed by atoms with van der Waals surface area (Å²) in [4.78, 5) is 27.0. The van der Waals surface area contributed by atoms with E-state index in [-0.39, 0.29) is 5.91 Å². The summed E-state index contributed by atoms with van der Waals surface area (Å²) in [7, 11) is 0. The molecule has 0 saturated carbocycles. The molecule has 0 spiro atoms. The minimum Gasteiger partial charge on any atom is -0.337 e. The van der Waals surface area contributed by atoms with Gasteiger partial charge >= 0.3 is 0 Å². The number of aromatic nitrogens is 3. The number of rotatable bonds is 2. The highest BCUT2D eigenvalue weighted by Gasteiger charge is 2.27. The van der Waals surface area contributed by atoms with E-state index in [9.17, 15) is 4.79 Å². The fourth-order valence-electron chi connectivity index (χ4n) is 2.46. The topological polar surface area (TPSA) is 59.0 Å². The summed E-state index contributed by atoms with van der Waals surface area (Å²) < 4.78 is 0. The molecule has 1 amide bonds. The van der Waals surface area contributed by atoms with Gasteiger partial charge in [0, 0.05) is 36.8 Å². The second-order valence-corrected chi connectivity index (χ2v) is 5.93. The van der Waals surface area contributed by atoms with Crippen LogP contribution in [0.4, 0.5) is 0 Å². The van der Waals surface area contributed by atoms with Crippen LogP contribution in [-0.2, 0) is 0 Å². The van der Waals surface area contributed by atoms with Crippen molar-refractivity contribution in [2.75, 3.05) is 13.1 Å². The number of carbonyl (C=O) groups is 1. The van der Waals surface area contributed by atoms with Crippen molar-refractivity contribution in [1.29, 1.82) is 0 Å². The molecule has 5 nitrogen and oxygen atoms in total. The van der Waals surface area contributed by atoms with Gasteiger partial charge in [-0.1, -0.05) is 0 Å². The van der Waals surface area contributed by atoms with Crippen LogP contribution in [0.15, 0.2) is 24.0 Å². The van der Waals surface area contributed by atoms with Gasteiger partial charge in [0.1, 0.15) is 5.69 Å². The van der Waals surface area contributed by atoms with Crippen molar-refractivity contribution in [3.05, 3.63) is 40.4 Å². The van der Waals surface area contributed by atoms with Crippen LogP contribution in [0.5, 0.6) is 0 Å². The van der Waals surface area contributed by atoms with Crippen molar-refractivity contribution in [1.82, 2.24) is 19.9 Å². The third-order valence-corrected chi connectivity index (χ3v) is 4.45. The second-order valence-electron chi connectivity index (χ2n) is 5.00. The highest BCUT2D eigenvalue weighted by atomic mass is 32.1. The molecule has 1 saturated heterocycles. The molecular formula is C14H16N4OS. The van der Waals surface area contributed by atoms with Crippen molar-refractivity contribution in [3.8, 4) is 0 Å². The average molecular weight is 288 g/mol. The van der Waals surface area contributed by atoms with Crippen molar-refractivity contribution in [3.63, 3.8) is 0 Å². The van der Waals surface area contributed by atoms with Crippen LogP contribution in [0.25, 0.3) is 0 Å². The summed E-state index contributed by atoms with van der Waals surface area (Å²) in [5, 5.41) is 3.11. The minimum absolute atomic E-state index is 0.0289. The van der Waals surface area contributed by atoms with Gasteiger partial charge in [-0.15, -0.1) is 11.3 Å². The number of thiazole rings is 1. The lowest BCUT2D eigenvalue weighted by Crippen LogP contribution is -2.39. The van der Waals surface area contributed by atoms with Crippen LogP contribution >= 0.6 is 11.3 Å². The van der Waals surface area contributed by atoms with Crippen molar-refractivity contribution >= 4 is 17.2 Å². The van der Waals surface area contributed by atoms with Crippen LogP contribution in [0, 0.1) is 6.92 Å². The van der Waals surface area contributed by atoms with E-state index < -0.39 is 0 Å². The zero-order chi connectivity index (χ0) is 13.9. The Hall–Kier alpha value is -1.82. The largest absolute Gasteiger partial charge is 0.337 e. The standard InChI is InChI=1S/C14H16N4OS/c1-10-7-17-12(8-16-10)14(19)18-5-2-3-11(9-18)13-15-4-6-20-13/h4,6-8,11H,2-3,5,9H2,1H3. The van der Waals surface area contributed by atoms with Gasteiger partial charge < -0.3 is 4.90 Å². The number of likely N-dealkylation sites (tertiary alicyclic amines) is 1. The maximum atomic E-state index is 12.4. The Labute approximate surface area is 121 Å². The Kier molecular flexibility index (Phi) is 3.73. The Bertz CT molecular complexity index is 582. The Morgan fingerprint density at radius 3 is 2.95 bits per heavy atom. The first kappa shape index (κ1) is 13.2. The van der Waals surface area contributed by atoms with Gasteiger partial charge in [-0.25, -0.2) is 9.97 Å². The Balaban J connectivity index is 1.73. The van der Waals surface area contributed by atoms with E-state index >= 15 is 0 Å². The fourth-order valence-corrected chi connectivity index (χ4v) is 3.23. The molecule has 2 aromatic heterocycles. The molecule has 3 rings (SSSR count). The van der Waals surface area contributed by atoms with Gasteiger partial charge in [-0.3, -0.25) is 9.78 Å². The molecule has 3 heterocycles. The lowest BCUT2D eigenvalue weighted by atomic mass is 9.98. The second kappa shape index (κ2) is 5.66. The van der Waals surface area contributed by atoms with E-state index in [1.807, 2.05) is 23.4 Å². The lowest BCUT2D eigenvalue weighted by molar-refractivity contribution is 0.0700. The minimum atomic E-state index is -0.0289. The summed E-state index contributed by atoms with van der Waals surface area (Å²) >= 11 is 1.66. The van der Waals surface area contributed by atoms with E-state index in [2.05, 4.69) is 15.0 Å². The van der Waals surface area contributed by atoms with Crippen LogP contribution in [0.1, 0.15) is 39.9 Å². The zero-order valence-corrected chi connectivity index (χ0v) is 12.1. The maximum Gasteiger partial charge on any atom is 0.274 e. The number of carbonyl (C=O) groups excluding carboxylic acids is 1. The first-order valence-electron chi connectivity index (χ1n) is 6.71. The molecule has 0 radical (unpaired) electrons. The first-order chi connectivity index (χ1) is 9.74. The van der Waals surface area contributed by atoms with E-state index in [4.69, 9.17) is 0 Å². The summed E-state index contributed by atoms with van der Waals surface area (Å²) in [6.45, 7) is 3.37. The van der Waals surface area contributed by atoms with E-state index in [0.29, 0.717) is 11.6 Å². The molecule has 104 valence electrons. The summed E-state index contributed by atoms with van der Waals surface area (Å²) in [5.41, 5.74) is 1.25. The number of aryl methyl sites for hydroxylation is 1. The van der Waals surface area contributed by atoms with Gasteiger partial charge in [0.25, 0.3) is 5.91 Å². The fraction of sp³-hybridized carbons (Fsp3) is 0.429. The quantitative estimate of drug-likeness (QED) is 0.850. The summed E-state index contributed by atoms with van der Waals surface area (Å²) in [6.07, 6.45) is 7.12. The molecule has 0 bridgehead atoms. The molecular weight excluding hydrogens is 272 g/mol. The molecule has 1 unspecified atom stereocenters. The number of hydrogen-bond acceptors (Lipinski definition) is 5. The third kappa shape index (κ3) is 2.70. The molecule has 0 N–H and O–H groups in total. The van der Waals surface area contributed by atoms with Crippen LogP contribution in [-0.4, -0.2) is 38.8 Å². The third-order valence-electron chi connectivity index (χ3n) is 3.51. The summed E-state index contributed by atoms with van der Waals surface area (Å²) in [5.74, 6) is 0.324. The molecule has 6 heteroatoms. The predicted molar refractivity (Wildman–Crippen MR) is 76.8 cm³/mol. The highest BCUT2D eigenvalue weighted by Crippen LogP contribution is 2.28. The van der Waals surface area contributed by atoms with Crippen molar-refractivity contribution < 1.29 is 4.79 Å². The molecule has 1 aliphatic heterocycles. The van der Waals surface area contributed by atoms with Crippen molar-refractivity contribution in [2.24, 2.45) is 0 Å². The molecule has 20 heavy (non-hydrogen) atoms. The van der Waals surface area contributed by atoms with Gasteiger partial charge in [-0.05, 0) is 19.8 Å². The van der Waals surface area contributed by atoms with Crippen molar-refractivity contribution in [2.45, 2.75) is 25.7 Å². The molecule has 0 aromatic carbocycles. The van der Waals surface area contributed by atoms with Gasteiger partial charge in [0.2, 0.25) is 0 Å². The zero-order valence-electron chi connectivity index (χ0n) is 11.3. The smallest absolute Gasteiger partial charge is 0.274 e. The lowest BCUT2D eigenvalue weighted by Gasteiger charge is -2.31. The van der Waals surface area contributed by atoms with Crippen LogP contribution < -0.4 is 0 Å². The number of hydrogen-bond donors (Lipinski definition) is 0. The Morgan fingerprint density at radius 2 is 2.25 bits per heavy atom. The molecule has 1 aliphatic rings. The maximum absolute atomic E-state index is 12.4. The van der Waals surface area contributed by atoms with E-state index in [1.165, 1.54) is 0 Å². The molecule has 1 fully saturated rings. The average Bonchev–Trinajstić information content (AvgIpc) is 3.02. The van der Waals surface area contributed by atoms with Crippen LogP contribution in [0.2, 0.25) is 0 Å². The Morgan fingerprint density at radius 1 is 1.35 bits per heavy atom. The number of amides is 1. The number of piperidine rings is 1. The van der Waals surface area contributed by atoms with Crippen LogP contribution in [0.3, 0.4) is 0 Å².